The van der Waals surface area contributed by atoms with Crippen molar-refractivity contribution in [2.24, 2.45) is 5.92 Å². The molecule has 1 aliphatic carbocycles. The van der Waals surface area contributed by atoms with Crippen molar-refractivity contribution in [3.8, 4) is 0 Å². The first-order valence-corrected chi connectivity index (χ1v) is 8.81. The molecule has 1 atom stereocenters. The molecule has 0 spiro atoms. The van der Waals surface area contributed by atoms with E-state index < -0.39 is 0 Å². The van der Waals surface area contributed by atoms with Crippen LogP contribution in [0, 0.1) is 5.92 Å². The maximum Gasteiger partial charge on any atom is 0.223 e. The molecule has 0 saturated carbocycles. The lowest BCUT2D eigenvalue weighted by molar-refractivity contribution is -0.125. The zero-order valence-corrected chi connectivity index (χ0v) is 14.3. The predicted molar refractivity (Wildman–Crippen MR) is 94.1 cm³/mol. The number of hydrogen-bond donors (Lipinski definition) is 1. The highest BCUT2D eigenvalue weighted by Gasteiger charge is 2.30. The van der Waals surface area contributed by atoms with Gasteiger partial charge in [-0.2, -0.15) is 0 Å². The zero-order valence-electron chi connectivity index (χ0n) is 14.3. The van der Waals surface area contributed by atoms with E-state index in [0.717, 1.165) is 38.8 Å². The zero-order chi connectivity index (χ0) is 16.3. The molecule has 0 bridgehead atoms. The van der Waals surface area contributed by atoms with Crippen molar-refractivity contribution in [1.29, 1.82) is 0 Å². The topological polar surface area (TPSA) is 32.3 Å². The first-order chi connectivity index (χ1) is 11.1. The quantitative estimate of drug-likeness (QED) is 0.865. The lowest BCUT2D eigenvalue weighted by atomic mass is 9.92. The highest BCUT2D eigenvalue weighted by molar-refractivity contribution is 5.79. The molecular weight excluding hydrogens is 284 g/mol. The first kappa shape index (κ1) is 16.3. The third-order valence-corrected chi connectivity index (χ3v) is 5.32. The molecule has 1 aromatic rings. The minimum atomic E-state index is -0.0201. The lowest BCUT2D eigenvalue weighted by Gasteiger charge is -2.42. The Morgan fingerprint density at radius 1 is 1.26 bits per heavy atom. The van der Waals surface area contributed by atoms with Gasteiger partial charge in [-0.15, -0.1) is 0 Å². The standard InChI is InChI=1S/C20H28N2O/c1-20(2,15-21-19(23)17-9-4-3-5-10-17)22-13-12-16-8-6-7-11-18(16)14-22/h3-4,6-8,11,17H,5,9-10,12-15H2,1-2H3,(H,21,23). The van der Waals surface area contributed by atoms with Gasteiger partial charge < -0.3 is 5.32 Å². The lowest BCUT2D eigenvalue weighted by Crippen LogP contribution is -2.53. The minimum Gasteiger partial charge on any atom is -0.354 e. The first-order valence-electron chi connectivity index (χ1n) is 8.81. The number of benzene rings is 1. The Balaban J connectivity index is 1.57. The number of allylic oxidation sites excluding steroid dienone is 2. The fourth-order valence-electron chi connectivity index (χ4n) is 3.60. The summed E-state index contributed by atoms with van der Waals surface area (Å²) in [7, 11) is 0. The summed E-state index contributed by atoms with van der Waals surface area (Å²) in [5, 5.41) is 3.20. The van der Waals surface area contributed by atoms with E-state index in [-0.39, 0.29) is 17.4 Å². The van der Waals surface area contributed by atoms with Gasteiger partial charge in [0.05, 0.1) is 0 Å². The van der Waals surface area contributed by atoms with Gasteiger partial charge in [0.25, 0.3) is 0 Å². The molecule has 3 heteroatoms. The number of amides is 1. The Bertz CT molecular complexity index is 591. The summed E-state index contributed by atoms with van der Waals surface area (Å²) in [4.78, 5) is 14.9. The van der Waals surface area contributed by atoms with Crippen LogP contribution in [0.2, 0.25) is 0 Å². The Labute approximate surface area is 139 Å². The summed E-state index contributed by atoms with van der Waals surface area (Å²) >= 11 is 0. The average molecular weight is 312 g/mol. The number of hydrogen-bond acceptors (Lipinski definition) is 2. The van der Waals surface area contributed by atoms with Crippen LogP contribution in [-0.2, 0) is 17.8 Å². The summed E-state index contributed by atoms with van der Waals surface area (Å²) in [6.45, 7) is 7.23. The maximum absolute atomic E-state index is 12.4. The molecule has 3 nitrogen and oxygen atoms in total. The van der Waals surface area contributed by atoms with E-state index in [0.29, 0.717) is 6.54 Å². The van der Waals surface area contributed by atoms with E-state index >= 15 is 0 Å². The van der Waals surface area contributed by atoms with Crippen LogP contribution in [0.3, 0.4) is 0 Å². The molecule has 124 valence electrons. The van der Waals surface area contributed by atoms with Crippen LogP contribution in [0.5, 0.6) is 0 Å². The molecule has 1 N–H and O–H groups in total. The van der Waals surface area contributed by atoms with Gasteiger partial charge in [-0.25, -0.2) is 0 Å². The Hall–Kier alpha value is -1.61. The Kier molecular flexibility index (Phi) is 4.86. The molecule has 3 rings (SSSR count). The van der Waals surface area contributed by atoms with Gasteiger partial charge in [-0.3, -0.25) is 9.69 Å². The number of nitrogens with zero attached hydrogens (tertiary/aromatic N) is 1. The van der Waals surface area contributed by atoms with Crippen molar-refractivity contribution in [1.82, 2.24) is 10.2 Å². The van der Waals surface area contributed by atoms with Crippen LogP contribution in [0.25, 0.3) is 0 Å². The second kappa shape index (κ2) is 6.88. The molecule has 1 heterocycles. The third-order valence-electron chi connectivity index (χ3n) is 5.32. The minimum absolute atomic E-state index is 0.0201. The summed E-state index contributed by atoms with van der Waals surface area (Å²) in [5.74, 6) is 0.387. The molecule has 0 aromatic heterocycles. The van der Waals surface area contributed by atoms with Crippen LogP contribution in [0.1, 0.15) is 44.2 Å². The summed E-state index contributed by atoms with van der Waals surface area (Å²) in [6.07, 6.45) is 8.33. The van der Waals surface area contributed by atoms with E-state index in [1.165, 1.54) is 11.1 Å². The monoisotopic (exact) mass is 312 g/mol. The van der Waals surface area contributed by atoms with E-state index in [9.17, 15) is 4.79 Å². The summed E-state index contributed by atoms with van der Waals surface area (Å²) in [5.41, 5.74) is 2.88. The number of nitrogens with one attached hydrogen (secondary N) is 1. The van der Waals surface area contributed by atoms with E-state index in [2.05, 4.69) is 60.5 Å². The smallest absolute Gasteiger partial charge is 0.223 e. The van der Waals surface area contributed by atoms with Gasteiger partial charge in [0, 0.05) is 31.1 Å². The van der Waals surface area contributed by atoms with Gasteiger partial charge in [-0.05, 0) is 50.7 Å². The predicted octanol–water partition coefficient (Wildman–Crippen LogP) is 3.30. The van der Waals surface area contributed by atoms with Gasteiger partial charge in [0.15, 0.2) is 0 Å². The number of rotatable bonds is 4. The van der Waals surface area contributed by atoms with Gasteiger partial charge in [0.2, 0.25) is 5.91 Å². The molecule has 1 unspecified atom stereocenters. The van der Waals surface area contributed by atoms with Crippen LogP contribution in [0.4, 0.5) is 0 Å². The number of carbonyl (C=O) groups is 1. The van der Waals surface area contributed by atoms with Gasteiger partial charge in [0.1, 0.15) is 0 Å². The third kappa shape index (κ3) is 3.84. The Morgan fingerprint density at radius 2 is 2.04 bits per heavy atom. The summed E-state index contributed by atoms with van der Waals surface area (Å²) in [6, 6.07) is 8.70. The van der Waals surface area contributed by atoms with E-state index in [1.54, 1.807) is 0 Å². The van der Waals surface area contributed by atoms with Gasteiger partial charge >= 0.3 is 0 Å². The molecule has 0 saturated heterocycles. The largest absolute Gasteiger partial charge is 0.354 e. The molecule has 1 aliphatic heterocycles. The highest BCUT2D eigenvalue weighted by Crippen LogP contribution is 2.25. The van der Waals surface area contributed by atoms with Crippen LogP contribution in [0.15, 0.2) is 36.4 Å². The van der Waals surface area contributed by atoms with Crippen LogP contribution >= 0.6 is 0 Å². The molecule has 0 fully saturated rings. The molecule has 2 aliphatic rings. The van der Waals surface area contributed by atoms with Gasteiger partial charge in [-0.1, -0.05) is 36.4 Å². The van der Waals surface area contributed by atoms with Crippen LogP contribution in [-0.4, -0.2) is 29.4 Å². The molecule has 23 heavy (non-hydrogen) atoms. The highest BCUT2D eigenvalue weighted by atomic mass is 16.1. The fraction of sp³-hybridized carbons (Fsp3) is 0.550. The molecular formula is C20H28N2O. The van der Waals surface area contributed by atoms with E-state index in [4.69, 9.17) is 0 Å². The number of fused-ring (bicyclic) bond motifs is 1. The molecule has 0 radical (unpaired) electrons. The summed E-state index contributed by atoms with van der Waals surface area (Å²) < 4.78 is 0. The van der Waals surface area contributed by atoms with Crippen molar-refractivity contribution in [2.75, 3.05) is 13.1 Å². The van der Waals surface area contributed by atoms with Crippen molar-refractivity contribution < 1.29 is 4.79 Å². The normalized spacial score (nSPS) is 21.7. The van der Waals surface area contributed by atoms with Crippen molar-refractivity contribution in [3.63, 3.8) is 0 Å². The maximum atomic E-state index is 12.4. The SMILES string of the molecule is CC(C)(CNC(=O)C1CC=CCC1)N1CCc2ccccc2C1. The van der Waals surface area contributed by atoms with Crippen molar-refractivity contribution in [3.05, 3.63) is 47.5 Å². The molecule has 1 aromatic carbocycles. The second-order valence-electron chi connectivity index (χ2n) is 7.45. The average Bonchev–Trinajstić information content (AvgIpc) is 2.60. The molecule has 1 amide bonds. The second-order valence-corrected chi connectivity index (χ2v) is 7.45. The van der Waals surface area contributed by atoms with Crippen molar-refractivity contribution >= 4 is 5.91 Å². The fourth-order valence-corrected chi connectivity index (χ4v) is 3.60. The Morgan fingerprint density at radius 3 is 2.78 bits per heavy atom. The van der Waals surface area contributed by atoms with Crippen LogP contribution < -0.4 is 5.32 Å². The number of carbonyl (C=O) groups excluding carboxylic acids is 1. The van der Waals surface area contributed by atoms with E-state index in [1.807, 2.05) is 0 Å². The van der Waals surface area contributed by atoms with Crippen molar-refractivity contribution in [2.45, 2.75) is 51.6 Å².